The first-order valence-corrected chi connectivity index (χ1v) is 11.8. The quantitative estimate of drug-likeness (QED) is 0.459. The van der Waals surface area contributed by atoms with Crippen molar-refractivity contribution in [1.82, 2.24) is 9.80 Å². The van der Waals surface area contributed by atoms with Crippen molar-refractivity contribution in [2.45, 2.75) is 64.7 Å². The summed E-state index contributed by atoms with van der Waals surface area (Å²) in [4.78, 5) is 52.8. The molecule has 9 nitrogen and oxygen atoms in total. The largest absolute Gasteiger partial charge is 0.456 e. The van der Waals surface area contributed by atoms with Gasteiger partial charge in [-0.25, -0.2) is 14.4 Å². The maximum atomic E-state index is 12.6. The molecule has 2 heterocycles. The number of hydrogen-bond donors (Lipinski definition) is 0. The number of carbonyl (C=O) groups excluding carboxylic acids is 4. The van der Waals surface area contributed by atoms with E-state index in [0.717, 1.165) is 5.56 Å². The molecule has 0 aromatic heterocycles. The molecule has 0 spiro atoms. The predicted molar refractivity (Wildman–Crippen MR) is 123 cm³/mol. The summed E-state index contributed by atoms with van der Waals surface area (Å²) >= 11 is 0. The van der Waals surface area contributed by atoms with Crippen LogP contribution >= 0.6 is 0 Å². The Bertz CT molecular complexity index is 873. The van der Waals surface area contributed by atoms with E-state index >= 15 is 0 Å². The van der Waals surface area contributed by atoms with Gasteiger partial charge < -0.3 is 19.1 Å². The van der Waals surface area contributed by atoms with Crippen LogP contribution < -0.4 is 0 Å². The van der Waals surface area contributed by atoms with Gasteiger partial charge in [-0.05, 0) is 52.0 Å². The molecule has 2 aliphatic heterocycles. The number of amides is 2. The number of hydrogen-bond acceptors (Lipinski definition) is 7. The van der Waals surface area contributed by atoms with Gasteiger partial charge in [0.25, 0.3) is 0 Å². The Hall–Kier alpha value is -3.10. The second kappa shape index (κ2) is 11.4. The third-order valence-electron chi connectivity index (χ3n) is 5.92. The van der Waals surface area contributed by atoms with Gasteiger partial charge in [-0.15, -0.1) is 0 Å². The van der Waals surface area contributed by atoms with E-state index in [1.807, 2.05) is 30.3 Å². The zero-order chi connectivity index (χ0) is 24.7. The smallest absolute Gasteiger partial charge is 0.411 e. The van der Waals surface area contributed by atoms with E-state index in [1.165, 1.54) is 4.90 Å². The number of benzene rings is 1. The number of ether oxygens (including phenoxy) is 3. The Balaban J connectivity index is 1.39. The van der Waals surface area contributed by atoms with Crippen LogP contribution in [0, 0.1) is 5.92 Å². The molecule has 2 amide bonds. The van der Waals surface area contributed by atoms with E-state index in [0.29, 0.717) is 45.3 Å². The van der Waals surface area contributed by atoms with Crippen LogP contribution in [0.25, 0.3) is 0 Å². The van der Waals surface area contributed by atoms with E-state index in [1.54, 1.807) is 25.7 Å². The molecule has 34 heavy (non-hydrogen) atoms. The number of likely N-dealkylation sites (tertiary alicyclic amines) is 2. The summed E-state index contributed by atoms with van der Waals surface area (Å²) in [6.07, 6.45) is 1.19. The number of nitrogens with zero attached hydrogens (tertiary/aromatic N) is 2. The zero-order valence-corrected chi connectivity index (χ0v) is 20.2. The zero-order valence-electron chi connectivity index (χ0n) is 20.2. The molecule has 9 heteroatoms. The minimum atomic E-state index is -0.733. The number of Topliss-reactive ketones (excluding diaryl/α,β-unsaturated/α-hetero) is 1. The summed E-state index contributed by atoms with van der Waals surface area (Å²) in [6, 6.07) is 8.71. The van der Waals surface area contributed by atoms with Crippen molar-refractivity contribution in [1.29, 1.82) is 0 Å². The monoisotopic (exact) mass is 474 g/mol. The average molecular weight is 475 g/mol. The standard InChI is InChI=1S/C25H34N2O7/c1-25(2,3)34-24(31)27-13-7-10-20(27)22(29)32-17-21(28)19-11-14-26(15-12-19)23(30)33-16-18-8-5-4-6-9-18/h4-6,8-9,19-20H,7,10-17H2,1-3H3. The van der Waals surface area contributed by atoms with Gasteiger partial charge in [0.15, 0.2) is 5.78 Å². The van der Waals surface area contributed by atoms with Crippen molar-refractivity contribution in [2.75, 3.05) is 26.2 Å². The molecule has 0 N–H and O–H groups in total. The summed E-state index contributed by atoms with van der Waals surface area (Å²) in [5.74, 6) is -1.04. The van der Waals surface area contributed by atoms with E-state index in [4.69, 9.17) is 14.2 Å². The summed E-state index contributed by atoms with van der Waals surface area (Å²) in [5.41, 5.74) is 0.252. The Morgan fingerprint density at radius 1 is 0.912 bits per heavy atom. The minimum absolute atomic E-state index is 0.174. The minimum Gasteiger partial charge on any atom is -0.456 e. The topological polar surface area (TPSA) is 102 Å². The van der Waals surface area contributed by atoms with Crippen molar-refractivity contribution in [2.24, 2.45) is 5.92 Å². The molecule has 1 atom stereocenters. The number of piperidine rings is 1. The molecular formula is C25H34N2O7. The fourth-order valence-electron chi connectivity index (χ4n) is 4.10. The average Bonchev–Trinajstić information content (AvgIpc) is 3.31. The fraction of sp³-hybridized carbons (Fsp3) is 0.600. The molecule has 2 aliphatic rings. The molecule has 3 rings (SSSR count). The highest BCUT2D eigenvalue weighted by atomic mass is 16.6. The third-order valence-corrected chi connectivity index (χ3v) is 5.92. The maximum absolute atomic E-state index is 12.6. The molecule has 2 fully saturated rings. The van der Waals surface area contributed by atoms with Crippen molar-refractivity contribution >= 4 is 23.9 Å². The fourth-order valence-corrected chi connectivity index (χ4v) is 4.10. The van der Waals surface area contributed by atoms with Crippen LogP contribution in [0.1, 0.15) is 52.0 Å². The molecule has 0 aliphatic carbocycles. The molecule has 1 unspecified atom stereocenters. The van der Waals surface area contributed by atoms with Gasteiger partial charge in [0.05, 0.1) is 0 Å². The molecule has 186 valence electrons. The number of ketones is 1. The Morgan fingerprint density at radius 3 is 2.24 bits per heavy atom. The normalized spacial score (nSPS) is 19.0. The van der Waals surface area contributed by atoms with E-state index < -0.39 is 29.8 Å². The lowest BCUT2D eigenvalue weighted by atomic mass is 9.93. The summed E-state index contributed by atoms with van der Waals surface area (Å²) in [6.45, 7) is 6.40. The molecule has 0 saturated carbocycles. The summed E-state index contributed by atoms with van der Waals surface area (Å²) in [5, 5.41) is 0. The summed E-state index contributed by atoms with van der Waals surface area (Å²) in [7, 11) is 0. The molecule has 0 bridgehead atoms. The number of carbonyl (C=O) groups is 4. The van der Waals surface area contributed by atoms with Crippen LogP contribution in [-0.2, 0) is 30.4 Å². The maximum Gasteiger partial charge on any atom is 0.411 e. The van der Waals surface area contributed by atoms with Gasteiger partial charge in [-0.2, -0.15) is 0 Å². The van der Waals surface area contributed by atoms with E-state index in [9.17, 15) is 19.2 Å². The van der Waals surface area contributed by atoms with Crippen LogP contribution in [0.3, 0.4) is 0 Å². The summed E-state index contributed by atoms with van der Waals surface area (Å²) < 4.78 is 16.0. The first-order chi connectivity index (χ1) is 16.1. The van der Waals surface area contributed by atoms with E-state index in [-0.39, 0.29) is 24.9 Å². The number of esters is 1. The molecule has 2 saturated heterocycles. The van der Waals surface area contributed by atoms with Crippen LogP contribution in [-0.4, -0.2) is 71.6 Å². The van der Waals surface area contributed by atoms with Gasteiger partial charge in [-0.1, -0.05) is 30.3 Å². The predicted octanol–water partition coefficient (Wildman–Crippen LogP) is 3.55. The molecule has 0 radical (unpaired) electrons. The van der Waals surface area contributed by atoms with E-state index in [2.05, 4.69) is 0 Å². The van der Waals surface area contributed by atoms with Crippen LogP contribution in [0.4, 0.5) is 9.59 Å². The lowest BCUT2D eigenvalue weighted by molar-refractivity contribution is -0.153. The van der Waals surface area contributed by atoms with Crippen molar-refractivity contribution in [3.8, 4) is 0 Å². The number of rotatable bonds is 6. The lowest BCUT2D eigenvalue weighted by Gasteiger charge is -2.30. The SMILES string of the molecule is CC(C)(C)OC(=O)N1CCCC1C(=O)OCC(=O)C1CCN(C(=O)OCc2ccccc2)CC1. The second-order valence-electron chi connectivity index (χ2n) is 9.71. The van der Waals surface area contributed by atoms with Gasteiger partial charge in [0.1, 0.15) is 24.9 Å². The van der Waals surface area contributed by atoms with Crippen LogP contribution in [0.5, 0.6) is 0 Å². The van der Waals surface area contributed by atoms with Crippen LogP contribution in [0.2, 0.25) is 0 Å². The highest BCUT2D eigenvalue weighted by molar-refractivity contribution is 5.87. The molecule has 1 aromatic carbocycles. The molecule has 1 aromatic rings. The Morgan fingerprint density at radius 2 is 1.59 bits per heavy atom. The highest BCUT2D eigenvalue weighted by Gasteiger charge is 2.38. The Kier molecular flexibility index (Phi) is 8.52. The Labute approximate surface area is 200 Å². The first-order valence-electron chi connectivity index (χ1n) is 11.8. The van der Waals surface area contributed by atoms with Crippen molar-refractivity contribution in [3.63, 3.8) is 0 Å². The van der Waals surface area contributed by atoms with Crippen molar-refractivity contribution in [3.05, 3.63) is 35.9 Å². The van der Waals surface area contributed by atoms with Crippen LogP contribution in [0.15, 0.2) is 30.3 Å². The second-order valence-corrected chi connectivity index (χ2v) is 9.71. The van der Waals surface area contributed by atoms with Gasteiger partial charge >= 0.3 is 18.2 Å². The first kappa shape index (κ1) is 25.5. The van der Waals surface area contributed by atoms with Crippen molar-refractivity contribution < 1.29 is 33.4 Å². The highest BCUT2D eigenvalue weighted by Crippen LogP contribution is 2.23. The van der Waals surface area contributed by atoms with Gasteiger partial charge in [0, 0.05) is 25.6 Å². The van der Waals surface area contributed by atoms with Gasteiger partial charge in [0.2, 0.25) is 0 Å². The molecular weight excluding hydrogens is 440 g/mol. The third kappa shape index (κ3) is 7.20. The van der Waals surface area contributed by atoms with Gasteiger partial charge in [-0.3, -0.25) is 9.69 Å². The lowest BCUT2D eigenvalue weighted by Crippen LogP contribution is -2.45.